The van der Waals surface area contributed by atoms with Gasteiger partial charge in [0.05, 0.1) is 22.7 Å². The van der Waals surface area contributed by atoms with E-state index in [1.165, 1.54) is 0 Å². The van der Waals surface area contributed by atoms with Crippen molar-refractivity contribution in [2.45, 2.75) is 45.7 Å². The molecule has 2 aliphatic rings. The highest BCUT2D eigenvalue weighted by molar-refractivity contribution is 5.97. The van der Waals surface area contributed by atoms with E-state index >= 15 is 0 Å². The predicted molar refractivity (Wildman–Crippen MR) is 115 cm³/mol. The first-order valence-corrected chi connectivity index (χ1v) is 10.6. The van der Waals surface area contributed by atoms with Crippen LogP contribution in [0.1, 0.15) is 47.6 Å². The van der Waals surface area contributed by atoms with Crippen LogP contribution >= 0.6 is 0 Å². The van der Waals surface area contributed by atoms with Gasteiger partial charge in [-0.3, -0.25) is 14.7 Å². The number of fused-ring (bicyclic) bond motifs is 1. The van der Waals surface area contributed by atoms with Crippen LogP contribution in [-0.2, 0) is 19.5 Å². The van der Waals surface area contributed by atoms with Gasteiger partial charge in [-0.15, -0.1) is 0 Å². The number of nitrogens with one attached hydrogen (secondary N) is 1. The monoisotopic (exact) mass is 403 g/mol. The zero-order valence-corrected chi connectivity index (χ0v) is 17.1. The molecule has 0 spiro atoms. The number of rotatable bonds is 4. The van der Waals surface area contributed by atoms with E-state index in [1.807, 2.05) is 37.3 Å². The van der Waals surface area contributed by atoms with Crippen LogP contribution in [0.15, 0.2) is 44.6 Å². The first kappa shape index (κ1) is 18.9. The van der Waals surface area contributed by atoms with Crippen molar-refractivity contribution in [1.82, 2.24) is 20.0 Å². The second kappa shape index (κ2) is 7.99. The maximum atomic E-state index is 12.8. The standard InChI is InChI=1S/C23H25N5O2/c1-15-17(21(30-27-15)16-7-3-2-4-8-16)13-28-12-10-19-18(14-28)23(29)26-22(25-19)20-9-5-6-11-24-20/h2-4,7-8H,5-6,9-14H2,1H3,(H,25,26,29). The minimum Gasteiger partial charge on any atom is -0.356 e. The molecule has 0 saturated heterocycles. The van der Waals surface area contributed by atoms with Crippen LogP contribution in [0.3, 0.4) is 0 Å². The zero-order chi connectivity index (χ0) is 20.5. The molecule has 0 atom stereocenters. The molecule has 154 valence electrons. The van der Waals surface area contributed by atoms with Gasteiger partial charge in [-0.05, 0) is 26.2 Å². The minimum atomic E-state index is -0.0432. The molecule has 2 aliphatic heterocycles. The fourth-order valence-electron chi connectivity index (χ4n) is 4.26. The zero-order valence-electron chi connectivity index (χ0n) is 17.1. The lowest BCUT2D eigenvalue weighted by Gasteiger charge is -2.27. The van der Waals surface area contributed by atoms with E-state index in [0.29, 0.717) is 18.9 Å². The SMILES string of the molecule is Cc1noc(-c2ccccc2)c1CN1CCc2nc(C3=NCCCC3)[nH]c(=O)c2C1. The van der Waals surface area contributed by atoms with E-state index < -0.39 is 0 Å². The summed E-state index contributed by atoms with van der Waals surface area (Å²) in [6.07, 6.45) is 3.86. The molecule has 0 radical (unpaired) electrons. The third-order valence-corrected chi connectivity index (χ3v) is 5.95. The maximum absolute atomic E-state index is 12.8. The Morgan fingerprint density at radius 1 is 1.17 bits per heavy atom. The largest absolute Gasteiger partial charge is 0.356 e. The Hall–Kier alpha value is -3.06. The molecule has 4 heterocycles. The molecule has 0 fully saturated rings. The average Bonchev–Trinajstić information content (AvgIpc) is 3.15. The summed E-state index contributed by atoms with van der Waals surface area (Å²) in [5, 5.41) is 4.19. The lowest BCUT2D eigenvalue weighted by atomic mass is 10.0. The van der Waals surface area contributed by atoms with Crippen LogP contribution in [0, 0.1) is 6.92 Å². The van der Waals surface area contributed by atoms with Crippen molar-refractivity contribution in [3.8, 4) is 11.3 Å². The van der Waals surface area contributed by atoms with Crippen molar-refractivity contribution >= 4 is 5.71 Å². The fraction of sp³-hybridized carbons (Fsp3) is 0.391. The molecular formula is C23H25N5O2. The van der Waals surface area contributed by atoms with Gasteiger partial charge in [-0.1, -0.05) is 35.5 Å². The van der Waals surface area contributed by atoms with E-state index in [0.717, 1.165) is 78.3 Å². The van der Waals surface area contributed by atoms with E-state index in [1.54, 1.807) is 0 Å². The van der Waals surface area contributed by atoms with Crippen molar-refractivity contribution < 1.29 is 4.52 Å². The van der Waals surface area contributed by atoms with Gasteiger partial charge >= 0.3 is 0 Å². The van der Waals surface area contributed by atoms with Crippen molar-refractivity contribution in [2.24, 2.45) is 4.99 Å². The van der Waals surface area contributed by atoms with Crippen LogP contribution in [0.2, 0.25) is 0 Å². The number of benzene rings is 1. The number of aromatic amines is 1. The molecule has 7 nitrogen and oxygen atoms in total. The molecule has 1 aromatic carbocycles. The van der Waals surface area contributed by atoms with Crippen LogP contribution in [-0.4, -0.2) is 38.8 Å². The minimum absolute atomic E-state index is 0.0432. The normalized spacial score (nSPS) is 16.9. The molecule has 30 heavy (non-hydrogen) atoms. The quantitative estimate of drug-likeness (QED) is 0.722. The Bertz CT molecular complexity index is 1150. The summed E-state index contributed by atoms with van der Waals surface area (Å²) < 4.78 is 5.63. The van der Waals surface area contributed by atoms with Crippen LogP contribution in [0.25, 0.3) is 11.3 Å². The molecule has 0 unspecified atom stereocenters. The molecule has 7 heteroatoms. The van der Waals surface area contributed by atoms with Crippen molar-refractivity contribution in [3.63, 3.8) is 0 Å². The molecule has 0 saturated carbocycles. The Morgan fingerprint density at radius 2 is 2.03 bits per heavy atom. The summed E-state index contributed by atoms with van der Waals surface area (Å²) in [5.41, 5.74) is 5.54. The second-order valence-corrected chi connectivity index (χ2v) is 8.03. The topological polar surface area (TPSA) is 87.4 Å². The highest BCUT2D eigenvalue weighted by Crippen LogP contribution is 2.28. The van der Waals surface area contributed by atoms with Gasteiger partial charge in [0.1, 0.15) is 0 Å². The number of hydrogen-bond donors (Lipinski definition) is 1. The first-order chi connectivity index (χ1) is 14.7. The second-order valence-electron chi connectivity index (χ2n) is 8.03. The van der Waals surface area contributed by atoms with Gasteiger partial charge < -0.3 is 9.51 Å². The highest BCUT2D eigenvalue weighted by atomic mass is 16.5. The van der Waals surface area contributed by atoms with Gasteiger partial charge in [0.25, 0.3) is 5.56 Å². The maximum Gasteiger partial charge on any atom is 0.255 e. The third-order valence-electron chi connectivity index (χ3n) is 5.95. The molecular weight excluding hydrogens is 378 g/mol. The number of H-pyrrole nitrogens is 1. The van der Waals surface area contributed by atoms with Gasteiger partial charge in [0.15, 0.2) is 11.6 Å². The molecule has 1 N–H and O–H groups in total. The smallest absolute Gasteiger partial charge is 0.255 e. The average molecular weight is 403 g/mol. The molecule has 2 aromatic heterocycles. The fourth-order valence-corrected chi connectivity index (χ4v) is 4.26. The molecule has 3 aromatic rings. The van der Waals surface area contributed by atoms with Crippen molar-refractivity contribution in [3.05, 3.63) is 69.0 Å². The summed E-state index contributed by atoms with van der Waals surface area (Å²) in [5.74, 6) is 1.46. The van der Waals surface area contributed by atoms with E-state index in [4.69, 9.17) is 9.51 Å². The van der Waals surface area contributed by atoms with Crippen LogP contribution < -0.4 is 5.56 Å². The van der Waals surface area contributed by atoms with Crippen LogP contribution in [0.4, 0.5) is 0 Å². The van der Waals surface area contributed by atoms with Crippen LogP contribution in [0.5, 0.6) is 0 Å². The Morgan fingerprint density at radius 3 is 2.83 bits per heavy atom. The van der Waals surface area contributed by atoms with E-state index in [9.17, 15) is 4.79 Å². The van der Waals surface area contributed by atoms with E-state index in [-0.39, 0.29) is 5.56 Å². The number of aryl methyl sites for hydroxylation is 1. The van der Waals surface area contributed by atoms with Gasteiger partial charge in [0, 0.05) is 43.7 Å². The summed E-state index contributed by atoms with van der Waals surface area (Å²) in [6, 6.07) is 10.0. The summed E-state index contributed by atoms with van der Waals surface area (Å²) in [4.78, 5) is 27.4. The summed E-state index contributed by atoms with van der Waals surface area (Å²) in [7, 11) is 0. The number of aromatic nitrogens is 3. The van der Waals surface area contributed by atoms with Gasteiger partial charge in [-0.2, -0.15) is 0 Å². The predicted octanol–water partition coefficient (Wildman–Crippen LogP) is 3.26. The Kier molecular flexibility index (Phi) is 5.04. The Labute approximate surface area is 174 Å². The Balaban J connectivity index is 1.39. The van der Waals surface area contributed by atoms with Crippen molar-refractivity contribution in [1.29, 1.82) is 0 Å². The third kappa shape index (κ3) is 3.61. The molecule has 0 aliphatic carbocycles. The van der Waals surface area contributed by atoms with E-state index in [2.05, 4.69) is 20.0 Å². The highest BCUT2D eigenvalue weighted by Gasteiger charge is 2.25. The molecule has 0 amide bonds. The lowest BCUT2D eigenvalue weighted by Crippen LogP contribution is -2.36. The number of aliphatic imine (C=N–C) groups is 1. The summed E-state index contributed by atoms with van der Waals surface area (Å²) in [6.45, 7) is 4.89. The number of hydrogen-bond acceptors (Lipinski definition) is 6. The lowest BCUT2D eigenvalue weighted by molar-refractivity contribution is 0.241. The summed E-state index contributed by atoms with van der Waals surface area (Å²) >= 11 is 0. The first-order valence-electron chi connectivity index (χ1n) is 10.6. The van der Waals surface area contributed by atoms with Crippen molar-refractivity contribution in [2.75, 3.05) is 13.1 Å². The van der Waals surface area contributed by atoms with Gasteiger partial charge in [0.2, 0.25) is 0 Å². The van der Waals surface area contributed by atoms with Gasteiger partial charge in [-0.25, -0.2) is 4.98 Å². The molecule has 0 bridgehead atoms. The molecule has 5 rings (SSSR count). The number of nitrogens with zero attached hydrogens (tertiary/aromatic N) is 4.